The van der Waals surface area contributed by atoms with Gasteiger partial charge in [-0.1, -0.05) is 12.2 Å². The average Bonchev–Trinajstić information content (AvgIpc) is 2.68. The van der Waals surface area contributed by atoms with Crippen LogP contribution in [0.25, 0.3) is 12.2 Å². The number of nitrogens with zero attached hydrogens (tertiary/aromatic N) is 2. The van der Waals surface area contributed by atoms with E-state index in [4.69, 9.17) is 15.9 Å². The Bertz CT molecular complexity index is 868. The van der Waals surface area contributed by atoms with E-state index in [-0.39, 0.29) is 16.8 Å². The van der Waals surface area contributed by atoms with Crippen LogP contribution in [0.1, 0.15) is 31.8 Å². The number of aromatic nitrogens is 2. The van der Waals surface area contributed by atoms with Crippen molar-refractivity contribution in [3.63, 3.8) is 0 Å². The van der Waals surface area contributed by atoms with Gasteiger partial charge in [0.15, 0.2) is 0 Å². The Morgan fingerprint density at radius 3 is 1.44 bits per heavy atom. The molecule has 0 aliphatic heterocycles. The van der Waals surface area contributed by atoms with Crippen molar-refractivity contribution in [2.75, 3.05) is 5.73 Å². The number of nitrogens with two attached hydrogens (primary N) is 1. The molecule has 0 saturated carbocycles. The molecule has 0 atom stereocenters. The largest absolute Gasteiger partial charge is 0.478 e. The van der Waals surface area contributed by atoms with E-state index in [0.29, 0.717) is 0 Å². The lowest BCUT2D eigenvalue weighted by molar-refractivity contribution is 0.0696. The van der Waals surface area contributed by atoms with Crippen LogP contribution in [0.3, 0.4) is 0 Å². The van der Waals surface area contributed by atoms with Gasteiger partial charge in [0.05, 0.1) is 11.1 Å². The van der Waals surface area contributed by atoms with Gasteiger partial charge >= 0.3 is 11.9 Å². The van der Waals surface area contributed by atoms with Crippen LogP contribution < -0.4 is 5.73 Å². The molecule has 0 aliphatic rings. The van der Waals surface area contributed by atoms with E-state index < -0.39 is 11.9 Å². The summed E-state index contributed by atoms with van der Waals surface area (Å²) in [6.45, 7) is 0. The minimum Gasteiger partial charge on any atom is -0.478 e. The molecule has 0 radical (unpaired) electrons. The summed E-state index contributed by atoms with van der Waals surface area (Å²) in [4.78, 5) is 28.9. The molecule has 0 unspecified atom stereocenters. The predicted octanol–water partition coefficient (Wildman–Crippen LogP) is 3.31. The third-order valence-electron chi connectivity index (χ3n) is 3.33. The Morgan fingerprint density at radius 2 is 1.11 bits per heavy atom. The van der Waals surface area contributed by atoms with Crippen LogP contribution in [0.5, 0.6) is 0 Å². The minimum atomic E-state index is -1.20. The molecule has 0 amide bonds. The van der Waals surface area contributed by atoms with E-state index in [9.17, 15) is 9.59 Å². The van der Waals surface area contributed by atoms with Gasteiger partial charge in [0.25, 0.3) is 0 Å². The Hall–Kier alpha value is -4.00. The molecule has 0 fully saturated rings. The number of nitrogen functional groups attached to an aromatic ring is 1. The number of anilines is 1. The zero-order chi connectivity index (χ0) is 19.6. The van der Waals surface area contributed by atoms with Crippen LogP contribution in [0.2, 0.25) is 0 Å². The van der Waals surface area contributed by atoms with Crippen molar-refractivity contribution < 1.29 is 19.8 Å². The number of pyridine rings is 2. The molecule has 3 aromatic rings. The number of carboxylic acids is 2. The molecule has 136 valence electrons. The van der Waals surface area contributed by atoms with Crippen molar-refractivity contribution >= 4 is 29.8 Å². The van der Waals surface area contributed by atoms with Crippen molar-refractivity contribution in [3.8, 4) is 0 Å². The molecule has 0 spiro atoms. The SMILES string of the molecule is C(=C\c1ccncc1)/c1ccncc1.Nc1cc(C(=O)O)cc(C(=O)O)c1. The van der Waals surface area contributed by atoms with E-state index >= 15 is 0 Å². The van der Waals surface area contributed by atoms with Crippen LogP contribution in [0.15, 0.2) is 67.3 Å². The molecule has 1 aromatic carbocycles. The lowest BCUT2D eigenvalue weighted by Crippen LogP contribution is -2.03. The second-order valence-corrected chi connectivity index (χ2v) is 5.35. The number of benzene rings is 1. The summed E-state index contributed by atoms with van der Waals surface area (Å²) in [7, 11) is 0. The average molecular weight is 363 g/mol. The molecule has 0 bridgehead atoms. The summed E-state index contributed by atoms with van der Waals surface area (Å²) < 4.78 is 0. The van der Waals surface area contributed by atoms with Crippen molar-refractivity contribution in [3.05, 3.63) is 89.5 Å². The van der Waals surface area contributed by atoms with Crippen molar-refractivity contribution in [2.24, 2.45) is 0 Å². The summed E-state index contributed by atoms with van der Waals surface area (Å²) in [5, 5.41) is 17.1. The fourth-order valence-corrected chi connectivity index (χ4v) is 2.04. The van der Waals surface area contributed by atoms with Crippen LogP contribution in [-0.2, 0) is 0 Å². The maximum atomic E-state index is 10.5. The zero-order valence-electron chi connectivity index (χ0n) is 14.2. The van der Waals surface area contributed by atoms with Crippen LogP contribution >= 0.6 is 0 Å². The standard InChI is InChI=1S/C12H10N2.C8H7NO4/c1(11-3-7-13-8-4-11)2-12-5-9-14-10-6-12;9-6-2-4(7(10)11)1-5(3-6)8(12)13/h1-10H;1-3H,9H2,(H,10,11)(H,12,13)/b2-1+;. The quantitative estimate of drug-likeness (QED) is 0.607. The molecular formula is C20H17N3O4. The van der Waals surface area contributed by atoms with E-state index in [0.717, 1.165) is 17.2 Å². The Balaban J connectivity index is 0.000000194. The molecule has 7 nitrogen and oxygen atoms in total. The second-order valence-electron chi connectivity index (χ2n) is 5.35. The topological polar surface area (TPSA) is 126 Å². The number of rotatable bonds is 4. The van der Waals surface area contributed by atoms with Gasteiger partial charge < -0.3 is 15.9 Å². The summed E-state index contributed by atoms with van der Waals surface area (Å²) in [5.74, 6) is -2.40. The third kappa shape index (κ3) is 6.43. The molecule has 27 heavy (non-hydrogen) atoms. The van der Waals surface area contributed by atoms with Gasteiger partial charge in [0, 0.05) is 30.5 Å². The van der Waals surface area contributed by atoms with Gasteiger partial charge in [-0.3, -0.25) is 9.97 Å². The van der Waals surface area contributed by atoms with E-state index in [1.807, 2.05) is 24.3 Å². The summed E-state index contributed by atoms with van der Waals surface area (Å²) in [5.41, 5.74) is 7.48. The van der Waals surface area contributed by atoms with Crippen LogP contribution in [-0.4, -0.2) is 32.1 Å². The lowest BCUT2D eigenvalue weighted by atomic mass is 10.1. The Kier molecular flexibility index (Phi) is 6.78. The smallest absolute Gasteiger partial charge is 0.335 e. The molecule has 0 aliphatic carbocycles. The first-order valence-electron chi connectivity index (χ1n) is 7.81. The summed E-state index contributed by atoms with van der Waals surface area (Å²) >= 11 is 0. The van der Waals surface area contributed by atoms with Crippen molar-refractivity contribution in [2.45, 2.75) is 0 Å². The van der Waals surface area contributed by atoms with E-state index in [2.05, 4.69) is 22.1 Å². The maximum absolute atomic E-state index is 10.5. The first-order chi connectivity index (χ1) is 13.0. The van der Waals surface area contributed by atoms with Gasteiger partial charge in [0.1, 0.15) is 0 Å². The molecule has 3 rings (SSSR count). The summed E-state index contributed by atoms with van der Waals surface area (Å²) in [6.07, 6.45) is 11.2. The zero-order valence-corrected chi connectivity index (χ0v) is 14.2. The Labute approximate surface area is 155 Å². The fraction of sp³-hybridized carbons (Fsp3) is 0. The van der Waals surface area contributed by atoms with E-state index in [1.54, 1.807) is 24.8 Å². The molecular weight excluding hydrogens is 346 g/mol. The van der Waals surface area contributed by atoms with Crippen molar-refractivity contribution in [1.82, 2.24) is 9.97 Å². The molecule has 0 saturated heterocycles. The molecule has 2 heterocycles. The lowest BCUT2D eigenvalue weighted by Gasteiger charge is -1.99. The highest BCUT2D eigenvalue weighted by Gasteiger charge is 2.09. The monoisotopic (exact) mass is 363 g/mol. The normalized spacial score (nSPS) is 10.1. The number of aromatic carboxylic acids is 2. The number of hydrogen-bond donors (Lipinski definition) is 3. The summed E-state index contributed by atoms with van der Waals surface area (Å²) in [6, 6.07) is 11.3. The molecule has 2 aromatic heterocycles. The number of hydrogen-bond acceptors (Lipinski definition) is 5. The molecule has 4 N–H and O–H groups in total. The van der Waals surface area contributed by atoms with Crippen LogP contribution in [0.4, 0.5) is 5.69 Å². The Morgan fingerprint density at radius 1 is 0.741 bits per heavy atom. The highest BCUT2D eigenvalue weighted by Crippen LogP contribution is 2.12. The maximum Gasteiger partial charge on any atom is 0.335 e. The third-order valence-corrected chi connectivity index (χ3v) is 3.33. The van der Waals surface area contributed by atoms with Crippen molar-refractivity contribution in [1.29, 1.82) is 0 Å². The minimum absolute atomic E-state index is 0.123. The van der Waals surface area contributed by atoms with Gasteiger partial charge in [0.2, 0.25) is 0 Å². The first-order valence-corrected chi connectivity index (χ1v) is 7.81. The van der Waals surface area contributed by atoms with Gasteiger partial charge in [-0.2, -0.15) is 0 Å². The van der Waals surface area contributed by atoms with Gasteiger partial charge in [-0.25, -0.2) is 9.59 Å². The number of carboxylic acid groups (broad SMARTS) is 2. The molecule has 7 heteroatoms. The highest BCUT2D eigenvalue weighted by molar-refractivity contribution is 5.95. The van der Waals surface area contributed by atoms with Crippen LogP contribution in [0, 0.1) is 0 Å². The second kappa shape index (κ2) is 9.47. The number of carbonyl (C=O) groups is 2. The van der Waals surface area contributed by atoms with E-state index in [1.165, 1.54) is 12.1 Å². The highest BCUT2D eigenvalue weighted by atomic mass is 16.4. The first kappa shape index (κ1) is 19.3. The van der Waals surface area contributed by atoms with Gasteiger partial charge in [-0.05, 0) is 53.6 Å². The van der Waals surface area contributed by atoms with Gasteiger partial charge in [-0.15, -0.1) is 0 Å². The fourth-order valence-electron chi connectivity index (χ4n) is 2.04. The predicted molar refractivity (Wildman–Crippen MR) is 102 cm³/mol.